The molecule has 0 aliphatic heterocycles. The normalized spacial score (nSPS) is 15.0. The summed E-state index contributed by atoms with van der Waals surface area (Å²) < 4.78 is 0. The van der Waals surface area contributed by atoms with E-state index in [0.717, 1.165) is 10.9 Å². The highest BCUT2D eigenvalue weighted by molar-refractivity contribution is 5.95. The van der Waals surface area contributed by atoms with Gasteiger partial charge in [-0.2, -0.15) is 0 Å². The van der Waals surface area contributed by atoms with Gasteiger partial charge in [-0.15, -0.1) is 0 Å². The smallest absolute Gasteiger partial charge is 0.326 e. The van der Waals surface area contributed by atoms with E-state index in [1.165, 1.54) is 6.92 Å². The third kappa shape index (κ3) is 9.35. The highest BCUT2D eigenvalue weighted by Gasteiger charge is 2.33. The van der Waals surface area contributed by atoms with Gasteiger partial charge in [0.1, 0.15) is 18.1 Å². The van der Waals surface area contributed by atoms with Gasteiger partial charge in [0, 0.05) is 23.5 Å². The molecule has 0 spiro atoms. The van der Waals surface area contributed by atoms with Crippen LogP contribution < -0.4 is 33.2 Å². The highest BCUT2D eigenvalue weighted by Crippen LogP contribution is 2.19. The van der Waals surface area contributed by atoms with Crippen LogP contribution in [0.4, 0.5) is 0 Å². The third-order valence-corrected chi connectivity index (χ3v) is 6.12. The van der Waals surface area contributed by atoms with Gasteiger partial charge >= 0.3 is 5.97 Å². The second-order valence-electron chi connectivity index (χ2n) is 9.31. The fourth-order valence-electron chi connectivity index (χ4n) is 3.97. The molecular weight excluding hydrogens is 510 g/mol. The number of aliphatic carboxylic acids is 1. The molecule has 4 amide bonds. The number of fused-ring (bicyclic) bond motifs is 1. The number of rotatable bonds is 16. The standard InChI is InChI=1S/C25H37N7O7/c1-13(33)21(32-22(35)16(27)7-4-5-9-26)24(37)30-18(23(36)31-19(25(38)39)11-20(28)34)10-14-12-29-17-8-3-2-6-15(14)17/h2-3,6,8,12-13,16,18-19,21,29,33H,4-5,7,9-11,26-27H2,1H3,(H2,28,34)(H,30,37)(H,31,36)(H,32,35)(H,38,39). The molecule has 14 heteroatoms. The summed E-state index contributed by atoms with van der Waals surface area (Å²) >= 11 is 0. The zero-order chi connectivity index (χ0) is 29.1. The number of hydrogen-bond acceptors (Lipinski definition) is 8. The maximum Gasteiger partial charge on any atom is 0.326 e. The first-order chi connectivity index (χ1) is 18.4. The van der Waals surface area contributed by atoms with Gasteiger partial charge in [0.2, 0.25) is 23.6 Å². The van der Waals surface area contributed by atoms with Crippen LogP contribution in [0.1, 0.15) is 38.2 Å². The molecular formula is C25H37N7O7. The maximum absolute atomic E-state index is 13.2. The number of aromatic amines is 1. The Morgan fingerprint density at radius 1 is 0.974 bits per heavy atom. The van der Waals surface area contributed by atoms with Gasteiger partial charge < -0.3 is 48.3 Å². The summed E-state index contributed by atoms with van der Waals surface area (Å²) in [7, 11) is 0. The van der Waals surface area contributed by atoms with E-state index in [2.05, 4.69) is 20.9 Å². The molecule has 0 radical (unpaired) electrons. The fourth-order valence-corrected chi connectivity index (χ4v) is 3.97. The molecule has 1 aromatic heterocycles. The lowest BCUT2D eigenvalue weighted by Crippen LogP contribution is -2.60. The van der Waals surface area contributed by atoms with E-state index in [9.17, 15) is 34.2 Å². The van der Waals surface area contributed by atoms with Crippen molar-refractivity contribution in [3.05, 3.63) is 36.0 Å². The molecule has 0 saturated carbocycles. The second-order valence-corrected chi connectivity index (χ2v) is 9.31. The van der Waals surface area contributed by atoms with E-state index >= 15 is 0 Å². The lowest BCUT2D eigenvalue weighted by molar-refractivity contribution is -0.143. The Balaban J connectivity index is 2.27. The van der Waals surface area contributed by atoms with Gasteiger partial charge in [0.05, 0.1) is 18.6 Å². The molecule has 14 nitrogen and oxygen atoms in total. The number of nitrogens with one attached hydrogen (secondary N) is 4. The van der Waals surface area contributed by atoms with Gasteiger partial charge in [-0.05, 0) is 37.9 Å². The van der Waals surface area contributed by atoms with Gasteiger partial charge in [0.25, 0.3) is 0 Å². The zero-order valence-corrected chi connectivity index (χ0v) is 21.7. The van der Waals surface area contributed by atoms with Crippen molar-refractivity contribution in [2.24, 2.45) is 17.2 Å². The summed E-state index contributed by atoms with van der Waals surface area (Å²) in [5.41, 5.74) is 17.9. The predicted octanol–water partition coefficient (Wildman–Crippen LogP) is -2.04. The Hall–Kier alpha value is -4.01. The molecule has 0 saturated heterocycles. The van der Waals surface area contributed by atoms with Gasteiger partial charge in [-0.25, -0.2) is 4.79 Å². The summed E-state index contributed by atoms with van der Waals surface area (Å²) in [6, 6.07) is 1.84. The number of carboxylic acid groups (broad SMARTS) is 1. The first-order valence-corrected chi connectivity index (χ1v) is 12.6. The monoisotopic (exact) mass is 547 g/mol. The zero-order valence-electron chi connectivity index (χ0n) is 21.7. The number of H-pyrrole nitrogens is 1. The van der Waals surface area contributed by atoms with Crippen molar-refractivity contribution in [3.63, 3.8) is 0 Å². The van der Waals surface area contributed by atoms with Crippen molar-refractivity contribution < 1.29 is 34.2 Å². The summed E-state index contributed by atoms with van der Waals surface area (Å²) in [5.74, 6) is -4.90. The number of hydrogen-bond donors (Lipinski definition) is 9. The van der Waals surface area contributed by atoms with Crippen LogP contribution in [0.25, 0.3) is 10.9 Å². The quantitative estimate of drug-likeness (QED) is 0.105. The van der Waals surface area contributed by atoms with E-state index in [1.807, 2.05) is 12.1 Å². The maximum atomic E-state index is 13.2. The average Bonchev–Trinajstić information content (AvgIpc) is 3.28. The first kappa shape index (κ1) is 31.2. The number of benzene rings is 1. The van der Waals surface area contributed by atoms with Crippen molar-refractivity contribution in [1.82, 2.24) is 20.9 Å². The Kier molecular flexibility index (Phi) is 11.8. The molecule has 0 aliphatic carbocycles. The van der Waals surface area contributed by atoms with Gasteiger partial charge in [0.15, 0.2) is 0 Å². The van der Waals surface area contributed by atoms with Crippen molar-refractivity contribution in [3.8, 4) is 0 Å². The van der Waals surface area contributed by atoms with Crippen LogP contribution >= 0.6 is 0 Å². The number of unbranched alkanes of at least 4 members (excludes halogenated alkanes) is 1. The second kappa shape index (κ2) is 14.8. The van der Waals surface area contributed by atoms with E-state index in [0.29, 0.717) is 31.4 Å². The molecule has 2 aromatic rings. The summed E-state index contributed by atoms with van der Waals surface area (Å²) in [4.78, 5) is 64.8. The number of primary amides is 1. The molecule has 39 heavy (non-hydrogen) atoms. The number of carbonyl (C=O) groups is 5. The van der Waals surface area contributed by atoms with Crippen LogP contribution in [0, 0.1) is 0 Å². The number of para-hydroxylation sites is 1. The van der Waals surface area contributed by atoms with Crippen LogP contribution in [-0.2, 0) is 30.4 Å². The van der Waals surface area contributed by atoms with Crippen molar-refractivity contribution >= 4 is 40.5 Å². The molecule has 5 atom stereocenters. The molecule has 5 unspecified atom stereocenters. The van der Waals surface area contributed by atoms with Crippen molar-refractivity contribution in [2.45, 2.75) is 69.3 Å². The molecule has 0 fully saturated rings. The Labute approximate surface area is 225 Å². The lowest BCUT2D eigenvalue weighted by Gasteiger charge is -2.26. The van der Waals surface area contributed by atoms with Crippen molar-refractivity contribution in [1.29, 1.82) is 0 Å². The Bertz CT molecular complexity index is 1170. The molecule has 12 N–H and O–H groups in total. The van der Waals surface area contributed by atoms with Gasteiger partial charge in [-0.1, -0.05) is 24.6 Å². The summed E-state index contributed by atoms with van der Waals surface area (Å²) in [5, 5.41) is 27.5. The van der Waals surface area contributed by atoms with Gasteiger partial charge in [-0.3, -0.25) is 19.2 Å². The fraction of sp³-hybridized carbons (Fsp3) is 0.480. The van der Waals surface area contributed by atoms with Crippen LogP contribution in [0.2, 0.25) is 0 Å². The molecule has 0 aliphatic rings. The highest BCUT2D eigenvalue weighted by atomic mass is 16.4. The van der Waals surface area contributed by atoms with Crippen LogP contribution in [0.3, 0.4) is 0 Å². The SMILES string of the molecule is CC(O)C(NC(=O)C(N)CCCCN)C(=O)NC(Cc1c[nH]c2ccccc12)C(=O)NC(CC(N)=O)C(=O)O. The molecule has 0 bridgehead atoms. The molecule has 1 aromatic carbocycles. The molecule has 214 valence electrons. The number of carboxylic acids is 1. The number of carbonyl (C=O) groups excluding carboxylic acids is 4. The average molecular weight is 548 g/mol. The summed E-state index contributed by atoms with van der Waals surface area (Å²) in [6.45, 7) is 1.72. The van der Waals surface area contributed by atoms with Crippen LogP contribution in [-0.4, -0.2) is 81.6 Å². The predicted molar refractivity (Wildman–Crippen MR) is 142 cm³/mol. The van der Waals surface area contributed by atoms with E-state index in [4.69, 9.17) is 17.2 Å². The lowest BCUT2D eigenvalue weighted by atomic mass is 10.0. The number of amides is 4. The van der Waals surface area contributed by atoms with Crippen molar-refractivity contribution in [2.75, 3.05) is 6.54 Å². The minimum Gasteiger partial charge on any atom is -0.480 e. The van der Waals surface area contributed by atoms with E-state index in [-0.39, 0.29) is 6.42 Å². The number of nitrogens with two attached hydrogens (primary N) is 3. The van der Waals surface area contributed by atoms with Crippen LogP contribution in [0.15, 0.2) is 30.5 Å². The Morgan fingerprint density at radius 3 is 2.26 bits per heavy atom. The minimum atomic E-state index is -1.63. The number of aromatic nitrogens is 1. The Morgan fingerprint density at radius 2 is 1.64 bits per heavy atom. The van der Waals surface area contributed by atoms with E-state index < -0.39 is 66.3 Å². The molecule has 2 rings (SSSR count). The summed E-state index contributed by atoms with van der Waals surface area (Å²) in [6.07, 6.45) is 1.12. The topological polar surface area (TPSA) is 256 Å². The van der Waals surface area contributed by atoms with Crippen LogP contribution in [0.5, 0.6) is 0 Å². The number of aliphatic hydroxyl groups is 1. The molecule has 1 heterocycles. The van der Waals surface area contributed by atoms with E-state index in [1.54, 1.807) is 18.3 Å². The first-order valence-electron chi connectivity index (χ1n) is 12.6. The number of aliphatic hydroxyl groups excluding tert-OH is 1. The minimum absolute atomic E-state index is 0.0798. The largest absolute Gasteiger partial charge is 0.480 e. The third-order valence-electron chi connectivity index (χ3n) is 6.12.